The zero-order valence-electron chi connectivity index (χ0n) is 10.9. The Morgan fingerprint density at radius 3 is 2.62 bits per heavy atom. The molecule has 5 nitrogen and oxygen atoms in total. The molecule has 0 amide bonds. The average Bonchev–Trinajstić information content (AvgIpc) is 2.90. The van der Waals surface area contributed by atoms with E-state index in [9.17, 15) is 15.0 Å². The summed E-state index contributed by atoms with van der Waals surface area (Å²) in [5, 5.41) is 19.0. The number of hydrogen-bond acceptors (Lipinski definition) is 4. The van der Waals surface area contributed by atoms with E-state index in [1.807, 2.05) is 0 Å². The normalized spacial score (nSPS) is 10.7. The molecule has 5 heteroatoms. The number of fused-ring (bicyclic) bond motifs is 1. The second kappa shape index (κ2) is 5.20. The molecular weight excluding hydrogens is 272 g/mol. The Morgan fingerprint density at radius 1 is 1.14 bits per heavy atom. The molecule has 2 N–H and O–H groups in total. The summed E-state index contributed by atoms with van der Waals surface area (Å²) in [5.74, 6) is -0.271. The fourth-order valence-corrected chi connectivity index (χ4v) is 2.14. The van der Waals surface area contributed by atoms with E-state index < -0.39 is 5.97 Å². The highest BCUT2D eigenvalue weighted by atomic mass is 16.5. The minimum absolute atomic E-state index is 0.157. The molecule has 0 bridgehead atoms. The third-order valence-corrected chi connectivity index (χ3v) is 3.14. The number of furan rings is 1. The molecule has 1 heterocycles. The van der Waals surface area contributed by atoms with Gasteiger partial charge in [-0.05, 0) is 36.4 Å². The van der Waals surface area contributed by atoms with Gasteiger partial charge in [0.25, 0.3) is 0 Å². The van der Waals surface area contributed by atoms with Crippen molar-refractivity contribution in [2.75, 3.05) is 0 Å². The number of aromatic hydroxyl groups is 1. The minimum Gasteiger partial charge on any atom is -0.508 e. The molecule has 3 rings (SSSR count). The number of ether oxygens (including phenoxy) is 1. The van der Waals surface area contributed by atoms with Crippen molar-refractivity contribution >= 4 is 16.9 Å². The summed E-state index contributed by atoms with van der Waals surface area (Å²) in [7, 11) is 0. The van der Waals surface area contributed by atoms with E-state index in [0.717, 1.165) is 0 Å². The molecule has 0 saturated carbocycles. The van der Waals surface area contributed by atoms with Gasteiger partial charge in [-0.1, -0.05) is 6.07 Å². The maximum Gasteiger partial charge on any atom is 0.336 e. The van der Waals surface area contributed by atoms with E-state index in [1.54, 1.807) is 24.3 Å². The molecule has 0 aliphatic carbocycles. The Balaban J connectivity index is 1.90. The first kappa shape index (κ1) is 13.1. The molecule has 0 aliphatic rings. The van der Waals surface area contributed by atoms with Crippen LogP contribution >= 0.6 is 0 Å². The first-order chi connectivity index (χ1) is 10.1. The van der Waals surface area contributed by atoms with Crippen molar-refractivity contribution in [1.82, 2.24) is 0 Å². The van der Waals surface area contributed by atoms with E-state index >= 15 is 0 Å². The number of hydrogen-bond donors (Lipinski definition) is 2. The highest BCUT2D eigenvalue weighted by molar-refractivity contribution is 6.03. The average molecular weight is 284 g/mol. The summed E-state index contributed by atoms with van der Waals surface area (Å²) in [4.78, 5) is 11.3. The zero-order valence-corrected chi connectivity index (χ0v) is 10.9. The summed E-state index contributed by atoms with van der Waals surface area (Å²) in [6.45, 7) is 0.183. The third-order valence-electron chi connectivity index (χ3n) is 3.14. The van der Waals surface area contributed by atoms with E-state index in [0.29, 0.717) is 22.3 Å². The van der Waals surface area contributed by atoms with Crippen molar-refractivity contribution in [3.63, 3.8) is 0 Å². The van der Waals surface area contributed by atoms with Gasteiger partial charge in [-0.15, -0.1) is 0 Å². The number of carboxylic acids is 1. The lowest BCUT2D eigenvalue weighted by molar-refractivity contribution is 0.0699. The smallest absolute Gasteiger partial charge is 0.336 e. The van der Waals surface area contributed by atoms with Gasteiger partial charge in [0, 0.05) is 10.9 Å². The summed E-state index contributed by atoms with van der Waals surface area (Å²) in [6, 6.07) is 11.2. The van der Waals surface area contributed by atoms with Gasteiger partial charge in [0.1, 0.15) is 23.7 Å². The Hall–Kier alpha value is -2.95. The lowest BCUT2D eigenvalue weighted by atomic mass is 10.1. The van der Waals surface area contributed by atoms with Crippen molar-refractivity contribution in [1.29, 1.82) is 0 Å². The number of benzene rings is 2. The maximum atomic E-state index is 11.3. The van der Waals surface area contributed by atoms with Crippen LogP contribution in [0.15, 0.2) is 53.1 Å². The monoisotopic (exact) mass is 284 g/mol. The minimum atomic E-state index is -1.01. The number of aromatic carboxylic acids is 1. The number of carboxylic acid groups (broad SMARTS) is 1. The van der Waals surface area contributed by atoms with Gasteiger partial charge >= 0.3 is 5.97 Å². The highest BCUT2D eigenvalue weighted by Crippen LogP contribution is 2.26. The quantitative estimate of drug-likeness (QED) is 0.767. The molecular formula is C16H12O5. The van der Waals surface area contributed by atoms with Gasteiger partial charge in [0.15, 0.2) is 0 Å². The molecule has 1 aromatic heterocycles. The van der Waals surface area contributed by atoms with Crippen molar-refractivity contribution < 1.29 is 24.2 Å². The van der Waals surface area contributed by atoms with Crippen LogP contribution in [0.5, 0.6) is 11.5 Å². The van der Waals surface area contributed by atoms with Gasteiger partial charge in [-0.3, -0.25) is 0 Å². The van der Waals surface area contributed by atoms with Gasteiger partial charge in [-0.25, -0.2) is 4.79 Å². The summed E-state index contributed by atoms with van der Waals surface area (Å²) in [5.41, 5.74) is 1.36. The van der Waals surface area contributed by atoms with Gasteiger partial charge in [0.2, 0.25) is 0 Å². The van der Waals surface area contributed by atoms with Crippen LogP contribution < -0.4 is 4.74 Å². The Morgan fingerprint density at radius 2 is 1.90 bits per heavy atom. The molecule has 0 radical (unpaired) electrons. The number of carbonyl (C=O) groups is 1. The number of phenols is 1. The van der Waals surface area contributed by atoms with Crippen molar-refractivity contribution in [3.05, 3.63) is 59.9 Å². The van der Waals surface area contributed by atoms with Crippen molar-refractivity contribution in [3.8, 4) is 11.5 Å². The van der Waals surface area contributed by atoms with Crippen molar-refractivity contribution in [2.45, 2.75) is 6.61 Å². The SMILES string of the molecule is O=C(O)c1cccc2occ(COc3ccc(O)cc3)c12. The Bertz CT molecular complexity index is 786. The number of phenolic OH excluding ortho intramolecular Hbond substituents is 1. The fraction of sp³-hybridized carbons (Fsp3) is 0.0625. The second-order valence-electron chi connectivity index (χ2n) is 4.53. The molecule has 3 aromatic rings. The molecule has 0 fully saturated rings. The molecule has 0 atom stereocenters. The van der Waals surface area contributed by atoms with Crippen LogP contribution in [0.1, 0.15) is 15.9 Å². The fourth-order valence-electron chi connectivity index (χ4n) is 2.14. The lowest BCUT2D eigenvalue weighted by Gasteiger charge is -2.05. The van der Waals surface area contributed by atoms with Gasteiger partial charge in [-0.2, -0.15) is 0 Å². The summed E-state index contributed by atoms with van der Waals surface area (Å²) >= 11 is 0. The third kappa shape index (κ3) is 2.53. The summed E-state index contributed by atoms with van der Waals surface area (Å²) in [6.07, 6.45) is 1.50. The summed E-state index contributed by atoms with van der Waals surface area (Å²) < 4.78 is 10.9. The molecule has 0 spiro atoms. The van der Waals surface area contributed by atoms with Crippen LogP contribution in [-0.4, -0.2) is 16.2 Å². The topological polar surface area (TPSA) is 79.9 Å². The number of rotatable bonds is 4. The largest absolute Gasteiger partial charge is 0.508 e. The van der Waals surface area contributed by atoms with E-state index in [1.165, 1.54) is 24.5 Å². The van der Waals surface area contributed by atoms with Crippen LogP contribution in [0.25, 0.3) is 11.0 Å². The molecule has 106 valence electrons. The molecule has 2 aromatic carbocycles. The molecule has 0 aliphatic heterocycles. The first-order valence-corrected chi connectivity index (χ1v) is 6.29. The zero-order chi connectivity index (χ0) is 14.8. The van der Waals surface area contributed by atoms with Gasteiger partial charge in [0.05, 0.1) is 11.8 Å². The first-order valence-electron chi connectivity index (χ1n) is 6.29. The van der Waals surface area contributed by atoms with E-state index in [-0.39, 0.29) is 17.9 Å². The lowest BCUT2D eigenvalue weighted by Crippen LogP contribution is -2.00. The predicted octanol–water partition coefficient (Wildman–Crippen LogP) is 3.42. The molecule has 21 heavy (non-hydrogen) atoms. The highest BCUT2D eigenvalue weighted by Gasteiger charge is 2.15. The van der Waals surface area contributed by atoms with Crippen LogP contribution in [-0.2, 0) is 6.61 Å². The van der Waals surface area contributed by atoms with E-state index in [4.69, 9.17) is 9.15 Å². The van der Waals surface area contributed by atoms with Gasteiger partial charge < -0.3 is 19.4 Å². The molecule has 0 unspecified atom stereocenters. The standard InChI is InChI=1S/C16H12O5/c17-11-4-6-12(7-5-11)20-8-10-9-21-14-3-1-2-13(15(10)14)16(18)19/h1-7,9,17H,8H2,(H,18,19). The second-order valence-corrected chi connectivity index (χ2v) is 4.53. The maximum absolute atomic E-state index is 11.3. The van der Waals surface area contributed by atoms with E-state index in [2.05, 4.69) is 0 Å². The molecule has 0 saturated heterocycles. The van der Waals surface area contributed by atoms with Crippen LogP contribution in [0.2, 0.25) is 0 Å². The van der Waals surface area contributed by atoms with Crippen LogP contribution in [0, 0.1) is 0 Å². The Kier molecular flexibility index (Phi) is 3.23. The van der Waals surface area contributed by atoms with Crippen LogP contribution in [0.3, 0.4) is 0 Å². The van der Waals surface area contributed by atoms with Crippen molar-refractivity contribution in [2.24, 2.45) is 0 Å². The Labute approximate surface area is 120 Å². The van der Waals surface area contributed by atoms with Crippen LogP contribution in [0.4, 0.5) is 0 Å². The predicted molar refractivity (Wildman–Crippen MR) is 75.6 cm³/mol.